The number of aromatic nitrogens is 1. The molecular formula is C14H23N3O2. The van der Waals surface area contributed by atoms with Gasteiger partial charge in [-0.3, -0.25) is 4.79 Å². The minimum absolute atomic E-state index is 0.0161. The molecule has 0 radical (unpaired) electrons. The van der Waals surface area contributed by atoms with Gasteiger partial charge < -0.3 is 15.3 Å². The summed E-state index contributed by atoms with van der Waals surface area (Å²) in [4.78, 5) is 17.7. The van der Waals surface area contributed by atoms with Crippen molar-refractivity contribution in [3.8, 4) is 0 Å². The van der Waals surface area contributed by atoms with Crippen LogP contribution >= 0.6 is 0 Å². The molecule has 2 N–H and O–H groups in total. The molecule has 0 saturated carbocycles. The van der Waals surface area contributed by atoms with E-state index in [-0.39, 0.29) is 12.5 Å². The number of aliphatic hydroxyl groups excluding tert-OH is 1. The lowest BCUT2D eigenvalue weighted by Crippen LogP contribution is -2.37. The molecule has 1 aromatic heterocycles. The summed E-state index contributed by atoms with van der Waals surface area (Å²) in [6.45, 7) is 6.76. The summed E-state index contributed by atoms with van der Waals surface area (Å²) in [5.41, 5.74) is 0.765. The van der Waals surface area contributed by atoms with Crippen molar-refractivity contribution in [2.24, 2.45) is 5.92 Å². The first-order chi connectivity index (χ1) is 8.90. The van der Waals surface area contributed by atoms with Crippen molar-refractivity contribution in [3.05, 3.63) is 23.9 Å². The molecule has 0 aliphatic carbocycles. The Bertz CT molecular complexity index is 402. The number of hydrogen-bond acceptors (Lipinski definition) is 4. The van der Waals surface area contributed by atoms with Crippen molar-refractivity contribution in [2.45, 2.75) is 26.9 Å². The molecule has 0 aliphatic rings. The fourth-order valence-electron chi connectivity index (χ4n) is 1.54. The smallest absolute Gasteiger partial charge is 0.239 e. The number of nitrogens with zero attached hydrogens (tertiary/aromatic N) is 2. The Hall–Kier alpha value is -1.62. The molecular weight excluding hydrogens is 242 g/mol. The van der Waals surface area contributed by atoms with Crippen molar-refractivity contribution in [1.82, 2.24) is 10.3 Å². The third-order valence-corrected chi connectivity index (χ3v) is 2.73. The van der Waals surface area contributed by atoms with E-state index in [1.54, 1.807) is 24.1 Å². The van der Waals surface area contributed by atoms with Crippen LogP contribution in [0.4, 0.5) is 5.82 Å². The SMILES string of the molecule is CC(C)CNC(=O)CN(C)c1ccc([C@@H](C)O)cn1. The lowest BCUT2D eigenvalue weighted by Gasteiger charge is -2.18. The summed E-state index contributed by atoms with van der Waals surface area (Å²) in [5.74, 6) is 1.14. The van der Waals surface area contributed by atoms with Gasteiger partial charge in [-0.15, -0.1) is 0 Å². The highest BCUT2D eigenvalue weighted by atomic mass is 16.3. The van der Waals surface area contributed by atoms with E-state index in [0.717, 1.165) is 5.56 Å². The normalized spacial score (nSPS) is 12.3. The molecule has 1 atom stereocenters. The molecule has 106 valence electrons. The fraction of sp³-hybridized carbons (Fsp3) is 0.571. The Morgan fingerprint density at radius 2 is 2.11 bits per heavy atom. The van der Waals surface area contributed by atoms with Gasteiger partial charge in [0, 0.05) is 19.8 Å². The molecule has 0 spiro atoms. The minimum Gasteiger partial charge on any atom is -0.389 e. The fourth-order valence-corrected chi connectivity index (χ4v) is 1.54. The lowest BCUT2D eigenvalue weighted by atomic mass is 10.2. The van der Waals surface area contributed by atoms with E-state index in [1.165, 1.54) is 0 Å². The number of carbonyl (C=O) groups is 1. The van der Waals surface area contributed by atoms with E-state index >= 15 is 0 Å². The largest absolute Gasteiger partial charge is 0.389 e. The van der Waals surface area contributed by atoms with Gasteiger partial charge in [0.05, 0.1) is 12.6 Å². The molecule has 1 rings (SSSR count). The van der Waals surface area contributed by atoms with Crippen molar-refractivity contribution < 1.29 is 9.90 Å². The molecule has 19 heavy (non-hydrogen) atoms. The summed E-state index contributed by atoms with van der Waals surface area (Å²) in [7, 11) is 1.82. The van der Waals surface area contributed by atoms with Gasteiger partial charge >= 0.3 is 0 Å². The number of nitrogens with one attached hydrogen (secondary N) is 1. The summed E-state index contributed by atoms with van der Waals surface area (Å²) in [5, 5.41) is 12.3. The molecule has 5 heteroatoms. The summed E-state index contributed by atoms with van der Waals surface area (Å²) in [6.07, 6.45) is 1.10. The van der Waals surface area contributed by atoms with Crippen LogP contribution in [0.2, 0.25) is 0 Å². The molecule has 0 bridgehead atoms. The first-order valence-corrected chi connectivity index (χ1v) is 6.52. The first-order valence-electron chi connectivity index (χ1n) is 6.52. The second kappa shape index (κ2) is 7.09. The highest BCUT2D eigenvalue weighted by Crippen LogP contribution is 2.14. The van der Waals surface area contributed by atoms with Gasteiger partial charge in [-0.1, -0.05) is 19.9 Å². The summed E-state index contributed by atoms with van der Waals surface area (Å²) < 4.78 is 0. The number of aliphatic hydroxyl groups is 1. The zero-order chi connectivity index (χ0) is 14.4. The zero-order valence-electron chi connectivity index (χ0n) is 12.1. The zero-order valence-corrected chi connectivity index (χ0v) is 12.1. The van der Waals surface area contributed by atoms with Crippen molar-refractivity contribution in [1.29, 1.82) is 0 Å². The number of hydrogen-bond donors (Lipinski definition) is 2. The molecule has 0 unspecified atom stereocenters. The second-order valence-corrected chi connectivity index (χ2v) is 5.18. The maximum Gasteiger partial charge on any atom is 0.239 e. The van der Waals surface area contributed by atoms with Crippen molar-refractivity contribution >= 4 is 11.7 Å². The van der Waals surface area contributed by atoms with Crippen LogP contribution in [0.3, 0.4) is 0 Å². The number of rotatable bonds is 6. The lowest BCUT2D eigenvalue weighted by molar-refractivity contribution is -0.119. The minimum atomic E-state index is -0.527. The molecule has 1 heterocycles. The maximum absolute atomic E-state index is 11.7. The van der Waals surface area contributed by atoms with Gasteiger partial charge in [-0.05, 0) is 24.5 Å². The van der Waals surface area contributed by atoms with Gasteiger partial charge in [0.1, 0.15) is 5.82 Å². The molecule has 0 saturated heterocycles. The number of amides is 1. The Morgan fingerprint density at radius 3 is 2.58 bits per heavy atom. The van der Waals surface area contributed by atoms with Gasteiger partial charge in [0.25, 0.3) is 0 Å². The van der Waals surface area contributed by atoms with E-state index in [2.05, 4.69) is 24.1 Å². The topological polar surface area (TPSA) is 65.5 Å². The van der Waals surface area contributed by atoms with Crippen LogP contribution in [0.5, 0.6) is 0 Å². The standard InChI is InChI=1S/C14H23N3O2/c1-10(2)7-16-14(19)9-17(4)13-6-5-12(8-15-13)11(3)18/h5-6,8,10-11,18H,7,9H2,1-4H3,(H,16,19)/t11-/m1/s1. The van der Waals surface area contributed by atoms with Crippen LogP contribution in [-0.2, 0) is 4.79 Å². The van der Waals surface area contributed by atoms with E-state index < -0.39 is 6.10 Å². The van der Waals surface area contributed by atoms with Gasteiger partial charge in [-0.2, -0.15) is 0 Å². The van der Waals surface area contributed by atoms with E-state index in [0.29, 0.717) is 18.3 Å². The van der Waals surface area contributed by atoms with Crippen LogP contribution in [0, 0.1) is 5.92 Å². The van der Waals surface area contributed by atoms with Crippen LogP contribution in [0.25, 0.3) is 0 Å². The predicted molar refractivity (Wildman–Crippen MR) is 76.0 cm³/mol. The average molecular weight is 265 g/mol. The highest BCUT2D eigenvalue weighted by Gasteiger charge is 2.09. The highest BCUT2D eigenvalue weighted by molar-refractivity contribution is 5.80. The molecule has 1 amide bonds. The van der Waals surface area contributed by atoms with E-state index in [1.807, 2.05) is 13.1 Å². The average Bonchev–Trinajstić information content (AvgIpc) is 2.36. The third kappa shape index (κ3) is 5.26. The van der Waals surface area contributed by atoms with Crippen molar-refractivity contribution in [2.75, 3.05) is 25.0 Å². The monoisotopic (exact) mass is 265 g/mol. The van der Waals surface area contributed by atoms with Gasteiger partial charge in [0.15, 0.2) is 0 Å². The summed E-state index contributed by atoms with van der Waals surface area (Å²) >= 11 is 0. The van der Waals surface area contributed by atoms with E-state index in [9.17, 15) is 9.90 Å². The molecule has 1 aromatic rings. The quantitative estimate of drug-likeness (QED) is 0.814. The molecule has 0 aliphatic heterocycles. The van der Waals surface area contributed by atoms with Crippen molar-refractivity contribution in [3.63, 3.8) is 0 Å². The number of carbonyl (C=O) groups excluding carboxylic acids is 1. The second-order valence-electron chi connectivity index (χ2n) is 5.18. The van der Waals surface area contributed by atoms with E-state index in [4.69, 9.17) is 0 Å². The number of anilines is 1. The Balaban J connectivity index is 2.53. The summed E-state index contributed by atoms with van der Waals surface area (Å²) in [6, 6.07) is 3.62. The maximum atomic E-state index is 11.7. The van der Waals surface area contributed by atoms with Gasteiger partial charge in [0.2, 0.25) is 5.91 Å². The Morgan fingerprint density at radius 1 is 1.42 bits per heavy atom. The Labute approximate surface area is 114 Å². The Kier molecular flexibility index (Phi) is 5.76. The van der Waals surface area contributed by atoms with Crippen LogP contribution in [0.1, 0.15) is 32.4 Å². The van der Waals surface area contributed by atoms with Crippen LogP contribution < -0.4 is 10.2 Å². The van der Waals surface area contributed by atoms with Crippen LogP contribution in [-0.4, -0.2) is 36.1 Å². The molecule has 0 aromatic carbocycles. The number of likely N-dealkylation sites (N-methyl/N-ethyl adjacent to an activating group) is 1. The molecule has 0 fully saturated rings. The third-order valence-electron chi connectivity index (χ3n) is 2.73. The molecule has 5 nitrogen and oxygen atoms in total. The van der Waals surface area contributed by atoms with Crippen LogP contribution in [0.15, 0.2) is 18.3 Å². The number of pyridine rings is 1. The first kappa shape index (κ1) is 15.4. The van der Waals surface area contributed by atoms with Gasteiger partial charge in [-0.25, -0.2) is 4.98 Å². The predicted octanol–water partition coefficient (Wildman–Crippen LogP) is 1.34.